The highest BCUT2D eigenvalue weighted by Gasteiger charge is 2.39. The van der Waals surface area contributed by atoms with Crippen molar-refractivity contribution in [3.8, 4) is 11.3 Å². The van der Waals surface area contributed by atoms with Crippen molar-refractivity contribution >= 4 is 0 Å². The summed E-state index contributed by atoms with van der Waals surface area (Å²) in [5.41, 5.74) is -2.64. The van der Waals surface area contributed by atoms with Crippen LogP contribution in [0.25, 0.3) is 11.3 Å². The van der Waals surface area contributed by atoms with Gasteiger partial charge in [0.2, 0.25) is 5.69 Å². The molecule has 0 unspecified atom stereocenters. The van der Waals surface area contributed by atoms with Crippen molar-refractivity contribution in [2.24, 2.45) is 7.05 Å². The molecule has 2 rings (SSSR count). The van der Waals surface area contributed by atoms with E-state index in [-0.39, 0.29) is 22.9 Å². The molecule has 0 aliphatic heterocycles. The van der Waals surface area contributed by atoms with Gasteiger partial charge >= 0.3 is 12.4 Å². The first-order valence-corrected chi connectivity index (χ1v) is 6.26. The smallest absolute Gasteiger partial charge is 0.201 e. The lowest BCUT2D eigenvalue weighted by Gasteiger charge is -2.17. The number of halogens is 6. The van der Waals surface area contributed by atoms with Crippen LogP contribution < -0.4 is 4.57 Å². The zero-order valence-corrected chi connectivity index (χ0v) is 11.7. The Bertz CT molecular complexity index is 700. The number of pyridine rings is 1. The number of hydrogen-bond donors (Lipinski definition) is 0. The Morgan fingerprint density at radius 2 is 1.55 bits per heavy atom. The first-order valence-electron chi connectivity index (χ1n) is 6.26. The van der Waals surface area contributed by atoms with Gasteiger partial charge in [0.1, 0.15) is 7.05 Å². The van der Waals surface area contributed by atoms with Gasteiger partial charge in [0.05, 0.1) is 16.7 Å². The largest absolute Gasteiger partial charge is 0.416 e. The lowest BCUT2D eigenvalue weighted by molar-refractivity contribution is -0.660. The van der Waals surface area contributed by atoms with Gasteiger partial charge in [0.25, 0.3) is 0 Å². The zero-order chi connectivity index (χ0) is 16.7. The highest BCUT2D eigenvalue weighted by molar-refractivity contribution is 5.65. The summed E-state index contributed by atoms with van der Waals surface area (Å²) < 4.78 is 79.3. The molecular formula is C15H12F6N+. The number of alkyl halides is 6. The number of nitrogens with zero attached hydrogens (tertiary/aromatic N) is 1. The highest BCUT2D eigenvalue weighted by atomic mass is 19.4. The van der Waals surface area contributed by atoms with Crippen LogP contribution in [0.4, 0.5) is 26.3 Å². The van der Waals surface area contributed by atoms with Crippen LogP contribution in [0.5, 0.6) is 0 Å². The molecule has 0 amide bonds. The van der Waals surface area contributed by atoms with Gasteiger partial charge in [0, 0.05) is 12.1 Å². The van der Waals surface area contributed by atoms with Crippen LogP contribution in [-0.4, -0.2) is 0 Å². The first-order chi connectivity index (χ1) is 10.0. The van der Waals surface area contributed by atoms with Crippen LogP contribution in [0.2, 0.25) is 0 Å². The lowest BCUT2D eigenvalue weighted by atomic mass is 9.95. The van der Waals surface area contributed by atoms with Crippen molar-refractivity contribution in [1.82, 2.24) is 0 Å². The average Bonchev–Trinajstić information content (AvgIpc) is 2.37. The Hall–Kier alpha value is -2.05. The summed E-state index contributed by atoms with van der Waals surface area (Å²) in [6.07, 6.45) is -8.15. The van der Waals surface area contributed by atoms with Crippen molar-refractivity contribution in [3.63, 3.8) is 0 Å². The number of aromatic nitrogens is 1. The lowest BCUT2D eigenvalue weighted by Crippen LogP contribution is -2.30. The summed E-state index contributed by atoms with van der Waals surface area (Å²) in [6.45, 7) is 1.17. The molecular weight excluding hydrogens is 308 g/mol. The second-order valence-corrected chi connectivity index (χ2v) is 4.89. The minimum atomic E-state index is -4.85. The molecule has 1 aromatic heterocycles. The molecule has 0 saturated heterocycles. The predicted molar refractivity (Wildman–Crippen MR) is 67.8 cm³/mol. The zero-order valence-electron chi connectivity index (χ0n) is 11.7. The maximum absolute atomic E-state index is 13.0. The van der Waals surface area contributed by atoms with Crippen molar-refractivity contribution < 1.29 is 30.9 Å². The van der Waals surface area contributed by atoms with E-state index in [1.54, 1.807) is 25.4 Å². The Morgan fingerprint density at radius 1 is 0.909 bits per heavy atom. The predicted octanol–water partition coefficient (Wildman–Crippen LogP) is 4.52. The molecule has 22 heavy (non-hydrogen) atoms. The molecule has 0 N–H and O–H groups in total. The van der Waals surface area contributed by atoms with Crippen molar-refractivity contribution in [2.45, 2.75) is 19.3 Å². The molecule has 0 spiro atoms. The third-order valence-electron chi connectivity index (χ3n) is 3.37. The summed E-state index contributed by atoms with van der Waals surface area (Å²) in [6, 6.07) is 5.57. The van der Waals surface area contributed by atoms with Crippen molar-refractivity contribution in [3.05, 3.63) is 53.2 Å². The summed E-state index contributed by atoms with van der Waals surface area (Å²) in [7, 11) is 1.56. The number of rotatable bonds is 1. The van der Waals surface area contributed by atoms with E-state index in [9.17, 15) is 26.3 Å². The van der Waals surface area contributed by atoms with E-state index in [4.69, 9.17) is 0 Å². The van der Waals surface area contributed by atoms with Gasteiger partial charge in [-0.15, -0.1) is 0 Å². The summed E-state index contributed by atoms with van der Waals surface area (Å²) in [5.74, 6) is 0. The molecule has 1 nitrogen and oxygen atoms in total. The number of hydrogen-bond acceptors (Lipinski definition) is 0. The Balaban J connectivity index is 2.82. The monoisotopic (exact) mass is 320 g/mol. The fraction of sp³-hybridized carbons (Fsp3) is 0.267. The van der Waals surface area contributed by atoms with E-state index in [0.29, 0.717) is 0 Å². The van der Waals surface area contributed by atoms with Crippen LogP contribution >= 0.6 is 0 Å². The highest BCUT2D eigenvalue weighted by Crippen LogP contribution is 2.40. The number of benzene rings is 1. The molecule has 1 heterocycles. The van der Waals surface area contributed by atoms with Crippen molar-refractivity contribution in [2.75, 3.05) is 0 Å². The SMILES string of the molecule is Cc1c(-c2cccc[n+]2C)cc(C(F)(F)F)cc1C(F)(F)F. The molecule has 118 valence electrons. The summed E-state index contributed by atoms with van der Waals surface area (Å²) in [5, 5.41) is 0. The number of aryl methyl sites for hydroxylation is 1. The molecule has 0 fully saturated rings. The van der Waals surface area contributed by atoms with E-state index in [1.807, 2.05) is 0 Å². The molecule has 0 aliphatic rings. The van der Waals surface area contributed by atoms with Gasteiger partial charge in [0.15, 0.2) is 6.20 Å². The van der Waals surface area contributed by atoms with E-state index in [1.165, 1.54) is 17.6 Å². The van der Waals surface area contributed by atoms with Crippen LogP contribution in [-0.2, 0) is 19.4 Å². The van der Waals surface area contributed by atoms with E-state index < -0.39 is 23.5 Å². The quantitative estimate of drug-likeness (QED) is 0.537. The first kappa shape index (κ1) is 16.3. The van der Waals surface area contributed by atoms with E-state index in [2.05, 4.69) is 0 Å². The van der Waals surface area contributed by atoms with Crippen LogP contribution in [0.3, 0.4) is 0 Å². The molecule has 2 aromatic rings. The van der Waals surface area contributed by atoms with Crippen LogP contribution in [0.15, 0.2) is 36.5 Å². The average molecular weight is 320 g/mol. The van der Waals surface area contributed by atoms with Crippen molar-refractivity contribution in [1.29, 1.82) is 0 Å². The normalized spacial score (nSPS) is 12.5. The Morgan fingerprint density at radius 3 is 2.05 bits per heavy atom. The molecule has 0 radical (unpaired) electrons. The van der Waals surface area contributed by atoms with Gasteiger partial charge in [-0.2, -0.15) is 26.3 Å². The second-order valence-electron chi connectivity index (χ2n) is 4.89. The molecule has 0 atom stereocenters. The van der Waals surface area contributed by atoms with Crippen LogP contribution in [0, 0.1) is 6.92 Å². The van der Waals surface area contributed by atoms with Gasteiger partial charge in [-0.1, -0.05) is 0 Å². The minimum absolute atomic E-state index is 0.0924. The topological polar surface area (TPSA) is 3.88 Å². The molecule has 0 bridgehead atoms. The Labute approximate surface area is 122 Å². The summed E-state index contributed by atoms with van der Waals surface area (Å²) in [4.78, 5) is 0. The molecule has 0 aliphatic carbocycles. The van der Waals surface area contributed by atoms with Gasteiger partial charge < -0.3 is 0 Å². The maximum Gasteiger partial charge on any atom is 0.416 e. The summed E-state index contributed by atoms with van der Waals surface area (Å²) >= 11 is 0. The minimum Gasteiger partial charge on any atom is -0.201 e. The standard InChI is InChI=1S/C15H12F6N/c1-9-11(13-5-3-4-6-22(13)2)7-10(14(16,17)18)8-12(9)15(19,20)21/h3-8H,1-2H3/q+1. The third-order valence-corrected chi connectivity index (χ3v) is 3.37. The van der Waals surface area contributed by atoms with E-state index >= 15 is 0 Å². The Kier molecular flexibility index (Phi) is 3.93. The fourth-order valence-electron chi connectivity index (χ4n) is 2.24. The fourth-order valence-corrected chi connectivity index (χ4v) is 2.24. The third kappa shape index (κ3) is 3.08. The van der Waals surface area contributed by atoms with Gasteiger partial charge in [-0.3, -0.25) is 0 Å². The molecule has 1 aromatic carbocycles. The maximum atomic E-state index is 13.0. The molecule has 0 saturated carbocycles. The van der Waals surface area contributed by atoms with E-state index in [0.717, 1.165) is 6.07 Å². The molecule has 7 heteroatoms. The van der Waals surface area contributed by atoms with Gasteiger partial charge in [-0.25, -0.2) is 4.57 Å². The van der Waals surface area contributed by atoms with Gasteiger partial charge in [-0.05, 0) is 30.7 Å². The van der Waals surface area contributed by atoms with Crippen LogP contribution in [0.1, 0.15) is 16.7 Å². The second kappa shape index (κ2) is 5.30.